The normalized spacial score (nSPS) is 20.9. The van der Waals surface area contributed by atoms with E-state index in [0.717, 1.165) is 19.3 Å². The number of hydrogen-bond acceptors (Lipinski definition) is 3. The van der Waals surface area contributed by atoms with Gasteiger partial charge in [0.1, 0.15) is 12.2 Å². The van der Waals surface area contributed by atoms with Crippen molar-refractivity contribution in [1.29, 1.82) is 0 Å². The maximum atomic E-state index is 11.3. The molecule has 0 unspecified atom stereocenters. The first-order valence-electron chi connectivity index (χ1n) is 3.82. The van der Waals surface area contributed by atoms with Crippen molar-refractivity contribution < 1.29 is 14.3 Å². The second-order valence-corrected chi connectivity index (χ2v) is 2.91. The lowest BCUT2D eigenvalue weighted by Crippen LogP contribution is -2.48. The van der Waals surface area contributed by atoms with E-state index in [-0.39, 0.29) is 12.4 Å². The minimum absolute atomic E-state index is 0.0775. The molecule has 0 saturated heterocycles. The molecule has 1 rings (SSSR count). The van der Waals surface area contributed by atoms with Crippen LogP contribution in [0.3, 0.4) is 0 Å². The van der Waals surface area contributed by atoms with Gasteiger partial charge in [0.15, 0.2) is 5.78 Å². The summed E-state index contributed by atoms with van der Waals surface area (Å²) in [6.07, 6.45) is 2.79. The third-order valence-corrected chi connectivity index (χ3v) is 2.34. The fourth-order valence-corrected chi connectivity index (χ4v) is 1.36. The highest BCUT2D eigenvalue weighted by Crippen LogP contribution is 2.35. The second-order valence-electron chi connectivity index (χ2n) is 2.91. The fraction of sp³-hybridized carbons (Fsp3) is 0.875. The van der Waals surface area contributed by atoms with E-state index in [4.69, 9.17) is 9.47 Å². The Morgan fingerprint density at radius 1 is 1.45 bits per heavy atom. The van der Waals surface area contributed by atoms with Gasteiger partial charge >= 0.3 is 0 Å². The second kappa shape index (κ2) is 3.32. The van der Waals surface area contributed by atoms with Crippen LogP contribution in [0.15, 0.2) is 0 Å². The summed E-state index contributed by atoms with van der Waals surface area (Å²) in [7, 11) is 3.12. The van der Waals surface area contributed by atoms with E-state index in [1.165, 1.54) is 7.11 Å². The van der Waals surface area contributed by atoms with E-state index >= 15 is 0 Å². The van der Waals surface area contributed by atoms with Crippen LogP contribution >= 0.6 is 0 Å². The van der Waals surface area contributed by atoms with Crippen molar-refractivity contribution in [1.82, 2.24) is 0 Å². The topological polar surface area (TPSA) is 35.5 Å². The van der Waals surface area contributed by atoms with Gasteiger partial charge in [-0.25, -0.2) is 0 Å². The Kier molecular flexibility index (Phi) is 2.62. The first-order valence-corrected chi connectivity index (χ1v) is 3.82. The first-order chi connectivity index (χ1) is 5.25. The van der Waals surface area contributed by atoms with Gasteiger partial charge < -0.3 is 9.47 Å². The number of rotatable bonds is 4. The summed E-state index contributed by atoms with van der Waals surface area (Å²) in [5, 5.41) is 0. The van der Waals surface area contributed by atoms with Gasteiger partial charge in [0.25, 0.3) is 0 Å². The summed E-state index contributed by atoms with van der Waals surface area (Å²) in [5.41, 5.74) is -0.490. The van der Waals surface area contributed by atoms with Crippen molar-refractivity contribution in [2.45, 2.75) is 24.9 Å². The van der Waals surface area contributed by atoms with Crippen LogP contribution in [0.4, 0.5) is 0 Å². The highest BCUT2D eigenvalue weighted by Gasteiger charge is 2.43. The maximum absolute atomic E-state index is 11.3. The molecule has 11 heavy (non-hydrogen) atoms. The Labute approximate surface area is 66.7 Å². The Balaban J connectivity index is 2.47. The quantitative estimate of drug-likeness (QED) is 0.606. The number of Topliss-reactive ketones (excluding diaryl/α,β-unsaturated/α-hetero) is 1. The SMILES string of the molecule is COCC(=O)C1(OC)CCC1. The van der Waals surface area contributed by atoms with E-state index in [2.05, 4.69) is 0 Å². The summed E-state index contributed by atoms with van der Waals surface area (Å²) in [5.74, 6) is 0.0775. The Morgan fingerprint density at radius 2 is 2.09 bits per heavy atom. The zero-order valence-corrected chi connectivity index (χ0v) is 7.05. The first kappa shape index (κ1) is 8.68. The maximum Gasteiger partial charge on any atom is 0.190 e. The molecule has 1 aliphatic rings. The van der Waals surface area contributed by atoms with Gasteiger partial charge in [0, 0.05) is 14.2 Å². The number of hydrogen-bond donors (Lipinski definition) is 0. The van der Waals surface area contributed by atoms with Crippen LogP contribution < -0.4 is 0 Å². The smallest absolute Gasteiger partial charge is 0.190 e. The van der Waals surface area contributed by atoms with E-state index in [1.807, 2.05) is 0 Å². The number of carbonyl (C=O) groups is 1. The van der Waals surface area contributed by atoms with Gasteiger partial charge in [-0.1, -0.05) is 0 Å². The number of carbonyl (C=O) groups excluding carboxylic acids is 1. The molecule has 0 atom stereocenters. The fourth-order valence-electron chi connectivity index (χ4n) is 1.36. The zero-order chi connectivity index (χ0) is 8.32. The van der Waals surface area contributed by atoms with Crippen LogP contribution in [0.2, 0.25) is 0 Å². The van der Waals surface area contributed by atoms with Crippen molar-refractivity contribution >= 4 is 5.78 Å². The molecule has 64 valence electrons. The molecule has 0 aromatic carbocycles. The van der Waals surface area contributed by atoms with Crippen molar-refractivity contribution in [2.75, 3.05) is 20.8 Å². The standard InChI is InChI=1S/C8H14O3/c1-10-6-7(9)8(11-2)4-3-5-8/h3-6H2,1-2H3. The molecule has 0 spiro atoms. The number of methoxy groups -OCH3 is 2. The lowest BCUT2D eigenvalue weighted by molar-refractivity contribution is -0.155. The van der Waals surface area contributed by atoms with Crippen LogP contribution in [0.5, 0.6) is 0 Å². The van der Waals surface area contributed by atoms with Crippen molar-refractivity contribution in [3.63, 3.8) is 0 Å². The van der Waals surface area contributed by atoms with Crippen LogP contribution in [0.25, 0.3) is 0 Å². The summed E-state index contributed by atoms with van der Waals surface area (Å²) in [6, 6.07) is 0. The van der Waals surface area contributed by atoms with E-state index in [9.17, 15) is 4.79 Å². The minimum Gasteiger partial charge on any atom is -0.377 e. The number of ether oxygens (including phenoxy) is 2. The predicted molar refractivity (Wildman–Crippen MR) is 40.5 cm³/mol. The molecule has 3 heteroatoms. The molecule has 1 aliphatic carbocycles. The van der Waals surface area contributed by atoms with Gasteiger partial charge in [-0.2, -0.15) is 0 Å². The molecule has 1 saturated carbocycles. The Hall–Kier alpha value is -0.410. The molecule has 0 N–H and O–H groups in total. The molecule has 0 aliphatic heterocycles. The monoisotopic (exact) mass is 158 g/mol. The van der Waals surface area contributed by atoms with Gasteiger partial charge in [0.2, 0.25) is 0 Å². The summed E-state index contributed by atoms with van der Waals surface area (Å²) in [4.78, 5) is 11.3. The van der Waals surface area contributed by atoms with Crippen LogP contribution in [0.1, 0.15) is 19.3 Å². The van der Waals surface area contributed by atoms with Crippen LogP contribution in [-0.4, -0.2) is 32.2 Å². The predicted octanol–water partition coefficient (Wildman–Crippen LogP) is 0.771. The highest BCUT2D eigenvalue weighted by atomic mass is 16.5. The third kappa shape index (κ3) is 1.44. The average Bonchev–Trinajstić information content (AvgIpc) is 1.87. The third-order valence-electron chi connectivity index (χ3n) is 2.34. The van der Waals surface area contributed by atoms with Crippen molar-refractivity contribution in [2.24, 2.45) is 0 Å². The van der Waals surface area contributed by atoms with Gasteiger partial charge in [-0.05, 0) is 19.3 Å². The zero-order valence-electron chi connectivity index (χ0n) is 7.05. The van der Waals surface area contributed by atoms with Gasteiger partial charge in [-0.3, -0.25) is 4.79 Å². The van der Waals surface area contributed by atoms with Crippen LogP contribution in [-0.2, 0) is 14.3 Å². The average molecular weight is 158 g/mol. The molecule has 0 bridgehead atoms. The molecular weight excluding hydrogens is 144 g/mol. The molecule has 0 radical (unpaired) electrons. The van der Waals surface area contributed by atoms with Crippen LogP contribution in [0, 0.1) is 0 Å². The molecule has 0 aromatic rings. The van der Waals surface area contributed by atoms with E-state index in [0.29, 0.717) is 0 Å². The molecule has 1 fully saturated rings. The summed E-state index contributed by atoms with van der Waals surface area (Å²) >= 11 is 0. The summed E-state index contributed by atoms with van der Waals surface area (Å²) < 4.78 is 9.92. The molecule has 3 nitrogen and oxygen atoms in total. The van der Waals surface area contributed by atoms with Gasteiger partial charge in [0.05, 0.1) is 0 Å². The lowest BCUT2D eigenvalue weighted by Gasteiger charge is -2.38. The largest absolute Gasteiger partial charge is 0.377 e. The molecule has 0 heterocycles. The lowest BCUT2D eigenvalue weighted by atomic mass is 9.77. The van der Waals surface area contributed by atoms with Crippen molar-refractivity contribution in [3.05, 3.63) is 0 Å². The highest BCUT2D eigenvalue weighted by molar-refractivity contribution is 5.89. The van der Waals surface area contributed by atoms with Crippen molar-refractivity contribution in [3.8, 4) is 0 Å². The van der Waals surface area contributed by atoms with Gasteiger partial charge in [-0.15, -0.1) is 0 Å². The van der Waals surface area contributed by atoms with E-state index in [1.54, 1.807) is 7.11 Å². The molecule has 0 aromatic heterocycles. The van der Waals surface area contributed by atoms with E-state index < -0.39 is 5.60 Å². The Bertz CT molecular complexity index is 144. The Morgan fingerprint density at radius 3 is 2.36 bits per heavy atom. The molecule has 0 amide bonds. The molecular formula is C8H14O3. The minimum atomic E-state index is -0.490. The number of ketones is 1. The summed E-state index contributed by atoms with van der Waals surface area (Å²) in [6.45, 7) is 0.174.